The third-order valence-electron chi connectivity index (χ3n) is 5.61. The number of aliphatic hydroxyl groups is 1. The summed E-state index contributed by atoms with van der Waals surface area (Å²) >= 11 is 0. The number of hydrogen-bond acceptors (Lipinski definition) is 2. The van der Waals surface area contributed by atoms with E-state index in [9.17, 15) is 9.90 Å². The van der Waals surface area contributed by atoms with Crippen LogP contribution in [0.25, 0.3) is 0 Å². The Labute approximate surface area is 138 Å². The van der Waals surface area contributed by atoms with Crippen LogP contribution in [0.1, 0.15) is 37.7 Å². The highest BCUT2D eigenvalue weighted by Gasteiger charge is 2.37. The van der Waals surface area contributed by atoms with Crippen molar-refractivity contribution in [2.45, 2.75) is 38.5 Å². The Morgan fingerprint density at radius 1 is 1.22 bits per heavy atom. The Balaban J connectivity index is 1.49. The molecule has 1 saturated carbocycles. The molecular formula is C19H28N2O2. The molecule has 3 rings (SSSR count). The van der Waals surface area contributed by atoms with E-state index in [4.69, 9.17) is 0 Å². The molecule has 2 N–H and O–H groups in total. The molecule has 1 heterocycles. The summed E-state index contributed by atoms with van der Waals surface area (Å²) in [5.41, 5.74) is 1.62. The number of piperidine rings is 1. The van der Waals surface area contributed by atoms with Crippen LogP contribution in [0.3, 0.4) is 0 Å². The summed E-state index contributed by atoms with van der Waals surface area (Å²) in [5, 5.41) is 12.4. The molecule has 126 valence electrons. The predicted octanol–water partition coefficient (Wildman–Crippen LogP) is 2.81. The predicted molar refractivity (Wildman–Crippen MR) is 91.2 cm³/mol. The number of carbonyl (C=O) groups is 1. The van der Waals surface area contributed by atoms with E-state index in [0.717, 1.165) is 38.9 Å². The molecule has 0 atom stereocenters. The Morgan fingerprint density at radius 3 is 2.48 bits per heavy atom. The molecule has 2 fully saturated rings. The van der Waals surface area contributed by atoms with Crippen molar-refractivity contribution in [3.63, 3.8) is 0 Å². The van der Waals surface area contributed by atoms with E-state index in [1.807, 2.05) is 4.90 Å². The molecule has 2 aliphatic rings. The highest BCUT2D eigenvalue weighted by Crippen LogP contribution is 2.43. The van der Waals surface area contributed by atoms with E-state index in [0.29, 0.717) is 5.92 Å². The molecule has 0 radical (unpaired) electrons. The highest BCUT2D eigenvalue weighted by atomic mass is 16.3. The Kier molecular flexibility index (Phi) is 5.21. The van der Waals surface area contributed by atoms with Crippen molar-refractivity contribution in [1.29, 1.82) is 0 Å². The van der Waals surface area contributed by atoms with Crippen molar-refractivity contribution in [3.05, 3.63) is 35.9 Å². The molecule has 0 aromatic heterocycles. The van der Waals surface area contributed by atoms with Gasteiger partial charge in [0.1, 0.15) is 0 Å². The van der Waals surface area contributed by atoms with E-state index in [-0.39, 0.29) is 18.1 Å². The minimum atomic E-state index is 0.0701. The molecule has 2 amide bonds. The Morgan fingerprint density at radius 2 is 1.91 bits per heavy atom. The van der Waals surface area contributed by atoms with Crippen LogP contribution in [-0.2, 0) is 6.42 Å². The molecule has 1 aromatic rings. The molecule has 0 unspecified atom stereocenters. The monoisotopic (exact) mass is 316 g/mol. The first-order valence-electron chi connectivity index (χ1n) is 8.88. The number of aliphatic hydroxyl groups excluding tert-OH is 1. The van der Waals surface area contributed by atoms with Crippen molar-refractivity contribution in [1.82, 2.24) is 10.2 Å². The van der Waals surface area contributed by atoms with Crippen LogP contribution in [0.2, 0.25) is 0 Å². The molecule has 4 nitrogen and oxygen atoms in total. The zero-order chi connectivity index (χ0) is 16.1. The molecule has 0 spiro atoms. The lowest BCUT2D eigenvalue weighted by molar-refractivity contribution is 0.114. The SMILES string of the molecule is O=C(NCC1(Cc2ccccc2)CCC1)N1CCC(CO)CC1. The van der Waals surface area contributed by atoms with Gasteiger partial charge in [0.05, 0.1) is 0 Å². The summed E-state index contributed by atoms with van der Waals surface area (Å²) < 4.78 is 0. The second kappa shape index (κ2) is 7.35. The molecule has 1 aromatic carbocycles. The van der Waals surface area contributed by atoms with Gasteiger partial charge in [0.2, 0.25) is 0 Å². The van der Waals surface area contributed by atoms with Gasteiger partial charge in [-0.15, -0.1) is 0 Å². The van der Waals surface area contributed by atoms with Crippen LogP contribution in [0.15, 0.2) is 30.3 Å². The number of amides is 2. The van der Waals surface area contributed by atoms with Crippen LogP contribution < -0.4 is 5.32 Å². The van der Waals surface area contributed by atoms with Gasteiger partial charge < -0.3 is 15.3 Å². The molecule has 23 heavy (non-hydrogen) atoms. The number of urea groups is 1. The lowest BCUT2D eigenvalue weighted by Crippen LogP contribution is -2.50. The zero-order valence-electron chi connectivity index (χ0n) is 13.8. The van der Waals surface area contributed by atoms with E-state index in [1.165, 1.54) is 24.8 Å². The van der Waals surface area contributed by atoms with Gasteiger partial charge in [0.25, 0.3) is 0 Å². The van der Waals surface area contributed by atoms with Gasteiger partial charge in [-0.2, -0.15) is 0 Å². The van der Waals surface area contributed by atoms with Gasteiger partial charge in [0, 0.05) is 26.2 Å². The summed E-state index contributed by atoms with van der Waals surface area (Å²) in [6.07, 6.45) is 6.56. The maximum absolute atomic E-state index is 12.4. The van der Waals surface area contributed by atoms with Crippen molar-refractivity contribution in [2.75, 3.05) is 26.2 Å². The van der Waals surface area contributed by atoms with Crippen LogP contribution in [0.4, 0.5) is 4.79 Å². The average molecular weight is 316 g/mol. The number of nitrogens with one attached hydrogen (secondary N) is 1. The molecule has 1 saturated heterocycles. The molecular weight excluding hydrogens is 288 g/mol. The third-order valence-corrected chi connectivity index (χ3v) is 5.61. The first kappa shape index (κ1) is 16.3. The fourth-order valence-corrected chi connectivity index (χ4v) is 3.82. The Hall–Kier alpha value is -1.55. The van der Waals surface area contributed by atoms with Gasteiger partial charge >= 0.3 is 6.03 Å². The van der Waals surface area contributed by atoms with Crippen LogP contribution in [0.5, 0.6) is 0 Å². The fraction of sp³-hybridized carbons (Fsp3) is 0.632. The fourth-order valence-electron chi connectivity index (χ4n) is 3.82. The number of hydrogen-bond donors (Lipinski definition) is 2. The van der Waals surface area contributed by atoms with Crippen LogP contribution >= 0.6 is 0 Å². The van der Waals surface area contributed by atoms with E-state index in [1.54, 1.807) is 0 Å². The van der Waals surface area contributed by atoms with E-state index < -0.39 is 0 Å². The first-order valence-corrected chi connectivity index (χ1v) is 8.88. The summed E-state index contributed by atoms with van der Waals surface area (Å²) in [5.74, 6) is 0.370. The first-order chi connectivity index (χ1) is 11.2. The minimum Gasteiger partial charge on any atom is -0.396 e. The third kappa shape index (κ3) is 4.05. The number of likely N-dealkylation sites (tertiary alicyclic amines) is 1. The summed E-state index contributed by atoms with van der Waals surface area (Å²) in [6.45, 7) is 2.56. The lowest BCUT2D eigenvalue weighted by atomic mass is 9.65. The van der Waals surface area contributed by atoms with Gasteiger partial charge in [-0.1, -0.05) is 36.8 Å². The van der Waals surface area contributed by atoms with Gasteiger partial charge in [0.15, 0.2) is 0 Å². The number of rotatable bonds is 5. The van der Waals surface area contributed by atoms with E-state index in [2.05, 4.69) is 35.6 Å². The summed E-state index contributed by atoms with van der Waals surface area (Å²) in [4.78, 5) is 14.3. The maximum atomic E-state index is 12.4. The van der Waals surface area contributed by atoms with Crippen molar-refractivity contribution in [2.24, 2.45) is 11.3 Å². The standard InChI is InChI=1S/C19H28N2O2/c22-14-17-7-11-21(12-8-17)18(23)20-15-19(9-4-10-19)13-16-5-2-1-3-6-16/h1-3,5-6,17,22H,4,7-15H2,(H,20,23). The van der Waals surface area contributed by atoms with Crippen molar-refractivity contribution < 1.29 is 9.90 Å². The second-order valence-electron chi connectivity index (χ2n) is 7.29. The van der Waals surface area contributed by atoms with Crippen molar-refractivity contribution in [3.8, 4) is 0 Å². The molecule has 1 aliphatic heterocycles. The van der Waals surface area contributed by atoms with Crippen LogP contribution in [0, 0.1) is 11.3 Å². The number of nitrogens with zero attached hydrogens (tertiary/aromatic N) is 1. The largest absolute Gasteiger partial charge is 0.396 e. The number of benzene rings is 1. The molecule has 0 bridgehead atoms. The smallest absolute Gasteiger partial charge is 0.317 e. The van der Waals surface area contributed by atoms with Crippen LogP contribution in [-0.4, -0.2) is 42.3 Å². The lowest BCUT2D eigenvalue weighted by Gasteiger charge is -2.43. The van der Waals surface area contributed by atoms with Gasteiger partial charge in [-0.05, 0) is 49.0 Å². The normalized spacial score (nSPS) is 20.8. The number of carbonyl (C=O) groups excluding carboxylic acids is 1. The average Bonchev–Trinajstić information content (AvgIpc) is 2.58. The maximum Gasteiger partial charge on any atom is 0.317 e. The molecule has 1 aliphatic carbocycles. The quantitative estimate of drug-likeness (QED) is 0.877. The molecule has 4 heteroatoms. The zero-order valence-corrected chi connectivity index (χ0v) is 13.8. The Bertz CT molecular complexity index is 505. The highest BCUT2D eigenvalue weighted by molar-refractivity contribution is 5.74. The summed E-state index contributed by atoms with van der Waals surface area (Å²) in [7, 11) is 0. The van der Waals surface area contributed by atoms with E-state index >= 15 is 0 Å². The second-order valence-corrected chi connectivity index (χ2v) is 7.29. The minimum absolute atomic E-state index is 0.0701. The van der Waals surface area contributed by atoms with Gasteiger partial charge in [-0.25, -0.2) is 4.79 Å². The summed E-state index contributed by atoms with van der Waals surface area (Å²) in [6, 6.07) is 10.7. The van der Waals surface area contributed by atoms with Gasteiger partial charge in [-0.3, -0.25) is 0 Å². The van der Waals surface area contributed by atoms with Crippen molar-refractivity contribution >= 4 is 6.03 Å². The topological polar surface area (TPSA) is 52.6 Å².